The number of hydrogen-bond acceptors (Lipinski definition) is 5. The van der Waals surface area contributed by atoms with E-state index in [0.717, 1.165) is 11.1 Å². The molecule has 0 atom stereocenters. The van der Waals surface area contributed by atoms with Gasteiger partial charge in [0.25, 0.3) is 26.0 Å². The molecule has 0 aliphatic carbocycles. The maximum Gasteiger partial charge on any atom is 0.263 e. The minimum atomic E-state index is -4.11. The summed E-state index contributed by atoms with van der Waals surface area (Å²) in [5, 5.41) is 2.98. The molecule has 0 aliphatic heterocycles. The summed E-state index contributed by atoms with van der Waals surface area (Å²) in [5.74, 6) is -0.608. The van der Waals surface area contributed by atoms with Crippen molar-refractivity contribution in [2.24, 2.45) is 0 Å². The number of hydrogen-bond donors (Lipinski definition) is 3. The van der Waals surface area contributed by atoms with Crippen molar-refractivity contribution in [1.29, 1.82) is 0 Å². The van der Waals surface area contributed by atoms with Gasteiger partial charge >= 0.3 is 0 Å². The lowest BCUT2D eigenvalue weighted by molar-refractivity contribution is 0.102. The number of sulfonamides is 2. The fraction of sp³-hybridized carbons (Fsp3) is 0.107. The number of nitrogens with one attached hydrogen (secondary N) is 3. The zero-order chi connectivity index (χ0) is 29.2. The van der Waals surface area contributed by atoms with Crippen LogP contribution in [0.2, 0.25) is 10.0 Å². The molecule has 0 unspecified atom stereocenters. The van der Waals surface area contributed by atoms with Crippen LogP contribution in [0, 0.1) is 20.8 Å². The number of carbonyl (C=O) groups is 1. The van der Waals surface area contributed by atoms with Crippen molar-refractivity contribution in [1.82, 2.24) is 0 Å². The first-order chi connectivity index (χ1) is 18.8. The maximum absolute atomic E-state index is 13.1. The van der Waals surface area contributed by atoms with E-state index >= 15 is 0 Å². The molecule has 0 aliphatic rings. The highest BCUT2D eigenvalue weighted by atomic mass is 35.5. The summed E-state index contributed by atoms with van der Waals surface area (Å²) < 4.78 is 57.0. The van der Waals surface area contributed by atoms with E-state index in [1.807, 2.05) is 13.0 Å². The van der Waals surface area contributed by atoms with Gasteiger partial charge in [-0.2, -0.15) is 0 Å². The van der Waals surface area contributed by atoms with Crippen molar-refractivity contribution in [2.75, 3.05) is 14.8 Å². The smallest absolute Gasteiger partial charge is 0.263 e. The predicted octanol–water partition coefficient (Wildman–Crippen LogP) is 6.77. The Morgan fingerprint density at radius 2 is 1.38 bits per heavy atom. The summed E-state index contributed by atoms with van der Waals surface area (Å²) >= 11 is 12.2. The number of anilines is 3. The Hall–Kier alpha value is -3.57. The van der Waals surface area contributed by atoms with Crippen LogP contribution >= 0.6 is 23.2 Å². The van der Waals surface area contributed by atoms with E-state index in [1.165, 1.54) is 48.5 Å². The molecule has 12 heteroatoms. The number of halogens is 2. The molecule has 0 spiro atoms. The number of rotatable bonds is 8. The quantitative estimate of drug-likeness (QED) is 0.201. The Morgan fingerprint density at radius 3 is 2.08 bits per heavy atom. The predicted molar refractivity (Wildman–Crippen MR) is 160 cm³/mol. The van der Waals surface area contributed by atoms with Crippen molar-refractivity contribution < 1.29 is 21.6 Å². The van der Waals surface area contributed by atoms with Crippen molar-refractivity contribution in [3.63, 3.8) is 0 Å². The molecule has 40 heavy (non-hydrogen) atoms. The van der Waals surface area contributed by atoms with Crippen LogP contribution in [0.25, 0.3) is 0 Å². The highest BCUT2D eigenvalue weighted by Crippen LogP contribution is 2.28. The van der Waals surface area contributed by atoms with Crippen LogP contribution in [-0.2, 0) is 20.0 Å². The third kappa shape index (κ3) is 6.59. The van der Waals surface area contributed by atoms with E-state index in [9.17, 15) is 21.6 Å². The van der Waals surface area contributed by atoms with Crippen molar-refractivity contribution in [3.8, 4) is 0 Å². The van der Waals surface area contributed by atoms with Crippen LogP contribution in [0.3, 0.4) is 0 Å². The van der Waals surface area contributed by atoms with Gasteiger partial charge in [-0.15, -0.1) is 0 Å². The summed E-state index contributed by atoms with van der Waals surface area (Å²) in [6.45, 7) is 5.41. The van der Waals surface area contributed by atoms with Crippen LogP contribution in [0.15, 0.2) is 88.7 Å². The van der Waals surface area contributed by atoms with Gasteiger partial charge in [-0.3, -0.25) is 14.2 Å². The molecule has 4 rings (SSSR count). The highest BCUT2D eigenvalue weighted by Gasteiger charge is 2.22. The molecule has 0 radical (unpaired) electrons. The third-order valence-corrected chi connectivity index (χ3v) is 9.66. The lowest BCUT2D eigenvalue weighted by atomic mass is 10.1. The fourth-order valence-corrected chi connectivity index (χ4v) is 6.68. The zero-order valence-electron chi connectivity index (χ0n) is 21.6. The molecule has 4 aromatic rings. The Balaban J connectivity index is 1.52. The summed E-state index contributed by atoms with van der Waals surface area (Å²) in [4.78, 5) is 12.7. The molecule has 0 saturated heterocycles. The Labute approximate surface area is 243 Å². The van der Waals surface area contributed by atoms with Gasteiger partial charge in [-0.25, -0.2) is 16.8 Å². The molecule has 1 amide bonds. The Morgan fingerprint density at radius 1 is 0.700 bits per heavy atom. The second-order valence-corrected chi connectivity index (χ2v) is 13.2. The molecule has 0 aromatic heterocycles. The average molecular weight is 619 g/mol. The normalized spacial score (nSPS) is 11.6. The minimum Gasteiger partial charge on any atom is -0.322 e. The monoisotopic (exact) mass is 617 g/mol. The van der Waals surface area contributed by atoms with E-state index in [-0.39, 0.29) is 20.4 Å². The summed E-state index contributed by atoms with van der Waals surface area (Å²) in [7, 11) is -8.03. The van der Waals surface area contributed by atoms with Crippen molar-refractivity contribution in [2.45, 2.75) is 30.6 Å². The van der Waals surface area contributed by atoms with E-state index in [4.69, 9.17) is 23.2 Å². The molecular formula is C28H25Cl2N3O5S2. The van der Waals surface area contributed by atoms with E-state index in [1.54, 1.807) is 38.1 Å². The van der Waals surface area contributed by atoms with Gasteiger partial charge in [-0.1, -0.05) is 41.4 Å². The second kappa shape index (κ2) is 11.5. The molecule has 0 saturated carbocycles. The van der Waals surface area contributed by atoms with Crippen LogP contribution in [0.5, 0.6) is 0 Å². The molecule has 8 nitrogen and oxygen atoms in total. The van der Waals surface area contributed by atoms with Gasteiger partial charge in [-0.05, 0) is 98.1 Å². The van der Waals surface area contributed by atoms with Gasteiger partial charge < -0.3 is 5.32 Å². The standard InChI is InChI=1S/C28H25Cl2N3O5S2/c1-17-5-4-6-25(19(17)3)32-40(37,38)27-15-20(8-14-24(27)30)28(34)31-22-10-12-23(13-11-22)39(35,36)33-26-16-21(29)9-7-18(26)2/h4-16,32-33H,1-3H3,(H,31,34). The van der Waals surface area contributed by atoms with E-state index in [2.05, 4.69) is 14.8 Å². The van der Waals surface area contributed by atoms with Gasteiger partial charge in [0.2, 0.25) is 0 Å². The molecule has 0 heterocycles. The van der Waals surface area contributed by atoms with Gasteiger partial charge in [0, 0.05) is 16.3 Å². The first-order valence-electron chi connectivity index (χ1n) is 11.9. The first kappa shape index (κ1) is 29.4. The van der Waals surface area contributed by atoms with Gasteiger partial charge in [0.15, 0.2) is 0 Å². The summed E-state index contributed by atoms with van der Waals surface area (Å²) in [5.41, 5.74) is 3.47. The van der Waals surface area contributed by atoms with Gasteiger partial charge in [0.1, 0.15) is 4.90 Å². The van der Waals surface area contributed by atoms with Crippen LogP contribution in [0.4, 0.5) is 17.1 Å². The van der Waals surface area contributed by atoms with Crippen molar-refractivity contribution >= 4 is 66.2 Å². The number of aryl methyl sites for hydroxylation is 2. The Bertz CT molecular complexity index is 1830. The molecule has 4 aromatic carbocycles. The number of benzene rings is 4. The molecule has 3 N–H and O–H groups in total. The summed E-state index contributed by atoms with van der Waals surface area (Å²) in [6, 6.07) is 19.5. The van der Waals surface area contributed by atoms with Crippen LogP contribution < -0.4 is 14.8 Å². The second-order valence-electron chi connectivity index (χ2n) is 9.04. The van der Waals surface area contributed by atoms with E-state index < -0.39 is 26.0 Å². The maximum atomic E-state index is 13.1. The summed E-state index contributed by atoms with van der Waals surface area (Å²) in [6.07, 6.45) is 0. The highest BCUT2D eigenvalue weighted by molar-refractivity contribution is 7.93. The third-order valence-electron chi connectivity index (χ3n) is 6.20. The topological polar surface area (TPSA) is 121 Å². The average Bonchev–Trinajstić information content (AvgIpc) is 2.89. The van der Waals surface area contributed by atoms with Crippen LogP contribution in [0.1, 0.15) is 27.0 Å². The Kier molecular flexibility index (Phi) is 8.46. The first-order valence-corrected chi connectivity index (χ1v) is 15.6. The number of amides is 1. The zero-order valence-corrected chi connectivity index (χ0v) is 24.8. The van der Waals surface area contributed by atoms with E-state index in [0.29, 0.717) is 27.6 Å². The number of carbonyl (C=O) groups excluding carboxylic acids is 1. The van der Waals surface area contributed by atoms with Gasteiger partial charge in [0.05, 0.1) is 21.3 Å². The molecule has 0 fully saturated rings. The minimum absolute atomic E-state index is 0.0257. The lowest BCUT2D eigenvalue weighted by Crippen LogP contribution is -2.17. The fourth-order valence-electron chi connectivity index (χ4n) is 3.74. The molecular weight excluding hydrogens is 593 g/mol. The lowest BCUT2D eigenvalue weighted by Gasteiger charge is -2.14. The largest absolute Gasteiger partial charge is 0.322 e. The van der Waals surface area contributed by atoms with Crippen molar-refractivity contribution in [3.05, 3.63) is 111 Å². The van der Waals surface area contributed by atoms with Crippen LogP contribution in [-0.4, -0.2) is 22.7 Å². The molecule has 208 valence electrons. The molecule has 0 bridgehead atoms. The SMILES string of the molecule is Cc1ccc(Cl)cc1NS(=O)(=O)c1ccc(NC(=O)c2ccc(Cl)c(S(=O)(=O)Nc3cccc(C)c3C)c2)cc1.